The first-order valence-electron chi connectivity index (χ1n) is 6.66. The molecule has 0 aliphatic carbocycles. The molecule has 0 aliphatic rings. The summed E-state index contributed by atoms with van der Waals surface area (Å²) in [6, 6.07) is 10.4. The SMILES string of the molecule is O=C(N/N=C/c1cc(Br)ccc1O)c1cc(-c2ccc(Br)s2)[nH]n1. The van der Waals surface area contributed by atoms with Crippen molar-refractivity contribution in [2.75, 3.05) is 0 Å². The first kappa shape index (κ1) is 16.9. The Balaban J connectivity index is 1.68. The summed E-state index contributed by atoms with van der Waals surface area (Å²) < 4.78 is 1.80. The summed E-state index contributed by atoms with van der Waals surface area (Å²) in [6.07, 6.45) is 1.36. The molecule has 0 saturated carbocycles. The highest BCUT2D eigenvalue weighted by atomic mass is 79.9. The average Bonchev–Trinajstić information content (AvgIpc) is 3.19. The Morgan fingerprint density at radius 2 is 2.12 bits per heavy atom. The molecule has 2 aromatic heterocycles. The molecule has 3 rings (SSSR count). The summed E-state index contributed by atoms with van der Waals surface area (Å²) in [7, 11) is 0. The Labute approximate surface area is 157 Å². The number of H-pyrrole nitrogens is 1. The summed E-state index contributed by atoms with van der Waals surface area (Å²) in [5.74, 6) is -0.375. The lowest BCUT2D eigenvalue weighted by Gasteiger charge is -1.99. The summed E-state index contributed by atoms with van der Waals surface area (Å²) in [4.78, 5) is 13.0. The third-order valence-electron chi connectivity index (χ3n) is 3.01. The maximum Gasteiger partial charge on any atom is 0.291 e. The molecule has 9 heteroatoms. The molecular formula is C15H10Br2N4O2S. The second-order valence-electron chi connectivity index (χ2n) is 4.67. The predicted octanol–water partition coefficient (Wildman–Crippen LogP) is 4.13. The molecule has 6 nitrogen and oxygen atoms in total. The second-order valence-corrected chi connectivity index (χ2v) is 8.05. The fraction of sp³-hybridized carbons (Fsp3) is 0. The van der Waals surface area contributed by atoms with E-state index < -0.39 is 5.91 Å². The zero-order valence-corrected chi connectivity index (χ0v) is 15.9. The number of aromatic hydroxyl groups is 1. The molecule has 0 fully saturated rings. The maximum absolute atomic E-state index is 12.1. The number of amides is 1. The molecule has 0 spiro atoms. The van der Waals surface area contributed by atoms with Gasteiger partial charge >= 0.3 is 0 Å². The van der Waals surface area contributed by atoms with E-state index in [0.29, 0.717) is 5.56 Å². The van der Waals surface area contributed by atoms with Crippen molar-refractivity contribution in [2.45, 2.75) is 0 Å². The molecule has 122 valence electrons. The number of halogens is 2. The van der Waals surface area contributed by atoms with Crippen LogP contribution in [0.5, 0.6) is 5.75 Å². The highest BCUT2D eigenvalue weighted by Crippen LogP contribution is 2.30. The molecule has 0 saturated heterocycles. The Kier molecular flexibility index (Phi) is 5.12. The Hall–Kier alpha value is -1.97. The largest absolute Gasteiger partial charge is 0.507 e. The number of phenolic OH excluding ortho intramolecular Hbond substituents is 1. The smallest absolute Gasteiger partial charge is 0.291 e. The Morgan fingerprint density at radius 1 is 1.29 bits per heavy atom. The number of thiophene rings is 1. The lowest BCUT2D eigenvalue weighted by Crippen LogP contribution is -2.18. The number of benzene rings is 1. The van der Waals surface area contributed by atoms with E-state index in [9.17, 15) is 9.90 Å². The van der Waals surface area contributed by atoms with Gasteiger partial charge in [-0.25, -0.2) is 5.43 Å². The molecule has 1 aromatic carbocycles. The van der Waals surface area contributed by atoms with Crippen LogP contribution in [0.25, 0.3) is 10.6 Å². The fourth-order valence-corrected chi connectivity index (χ4v) is 3.60. The minimum Gasteiger partial charge on any atom is -0.507 e. The number of carbonyl (C=O) groups excluding carboxylic acids is 1. The standard InChI is InChI=1S/C15H10Br2N4O2S/c16-9-1-2-12(22)8(5-9)7-18-21-15(23)11-6-10(19-20-11)13-3-4-14(17)24-13/h1-7,22H,(H,19,20)(H,21,23)/b18-7+. The van der Waals surface area contributed by atoms with Gasteiger partial charge in [-0.15, -0.1) is 11.3 Å². The molecular weight excluding hydrogens is 460 g/mol. The van der Waals surface area contributed by atoms with Crippen LogP contribution in [0.2, 0.25) is 0 Å². The van der Waals surface area contributed by atoms with Crippen molar-refractivity contribution in [1.29, 1.82) is 0 Å². The van der Waals surface area contributed by atoms with Crippen molar-refractivity contribution in [3.05, 3.63) is 55.9 Å². The summed E-state index contributed by atoms with van der Waals surface area (Å²) in [5, 5.41) is 20.3. The van der Waals surface area contributed by atoms with E-state index in [1.165, 1.54) is 23.6 Å². The zero-order chi connectivity index (χ0) is 17.1. The second kappa shape index (κ2) is 7.29. The molecule has 3 N–H and O–H groups in total. The first-order chi connectivity index (χ1) is 11.5. The van der Waals surface area contributed by atoms with Gasteiger partial charge in [-0.05, 0) is 52.3 Å². The minimum atomic E-state index is -0.446. The third kappa shape index (κ3) is 3.92. The first-order valence-corrected chi connectivity index (χ1v) is 9.06. The van der Waals surface area contributed by atoms with Gasteiger partial charge in [0.25, 0.3) is 5.91 Å². The Bertz CT molecular complexity index is 920. The summed E-state index contributed by atoms with van der Waals surface area (Å²) in [6.45, 7) is 0. The van der Waals surface area contributed by atoms with Gasteiger partial charge in [0.15, 0.2) is 5.69 Å². The number of aromatic nitrogens is 2. The fourth-order valence-electron chi connectivity index (χ4n) is 1.87. The van der Waals surface area contributed by atoms with Crippen LogP contribution in [0.4, 0.5) is 0 Å². The van der Waals surface area contributed by atoms with Gasteiger partial charge in [-0.1, -0.05) is 15.9 Å². The predicted molar refractivity (Wildman–Crippen MR) is 100 cm³/mol. The van der Waals surface area contributed by atoms with Gasteiger partial charge in [0.1, 0.15) is 5.75 Å². The minimum absolute atomic E-state index is 0.0709. The molecule has 3 aromatic rings. The van der Waals surface area contributed by atoms with Gasteiger partial charge in [0, 0.05) is 10.0 Å². The number of aromatic amines is 1. The highest BCUT2D eigenvalue weighted by Gasteiger charge is 2.12. The van der Waals surface area contributed by atoms with Crippen LogP contribution in [0, 0.1) is 0 Å². The number of hydrogen-bond acceptors (Lipinski definition) is 5. The lowest BCUT2D eigenvalue weighted by atomic mass is 10.2. The van der Waals surface area contributed by atoms with Crippen LogP contribution >= 0.6 is 43.2 Å². The Morgan fingerprint density at radius 3 is 2.88 bits per heavy atom. The van der Waals surface area contributed by atoms with Crippen molar-refractivity contribution < 1.29 is 9.90 Å². The number of nitrogens with zero attached hydrogens (tertiary/aromatic N) is 2. The topological polar surface area (TPSA) is 90.4 Å². The molecule has 24 heavy (non-hydrogen) atoms. The number of hydrogen-bond donors (Lipinski definition) is 3. The third-order valence-corrected chi connectivity index (χ3v) is 5.16. The van der Waals surface area contributed by atoms with E-state index in [4.69, 9.17) is 0 Å². The molecule has 1 amide bonds. The van der Waals surface area contributed by atoms with Crippen molar-refractivity contribution >= 4 is 55.3 Å². The zero-order valence-electron chi connectivity index (χ0n) is 12.0. The van der Waals surface area contributed by atoms with Gasteiger partial charge in [-0.2, -0.15) is 10.2 Å². The van der Waals surface area contributed by atoms with E-state index in [-0.39, 0.29) is 11.4 Å². The molecule has 0 bridgehead atoms. The highest BCUT2D eigenvalue weighted by molar-refractivity contribution is 9.11. The summed E-state index contributed by atoms with van der Waals surface area (Å²) >= 11 is 8.23. The van der Waals surface area contributed by atoms with Crippen LogP contribution < -0.4 is 5.43 Å². The number of hydrazone groups is 1. The molecule has 0 radical (unpaired) electrons. The number of rotatable bonds is 4. The summed E-state index contributed by atoms with van der Waals surface area (Å²) in [5.41, 5.74) is 3.84. The van der Waals surface area contributed by atoms with Gasteiger partial charge < -0.3 is 5.11 Å². The van der Waals surface area contributed by atoms with Crippen LogP contribution in [0.3, 0.4) is 0 Å². The van der Waals surface area contributed by atoms with Gasteiger partial charge in [0.05, 0.1) is 20.6 Å². The molecule has 0 aliphatic heterocycles. The maximum atomic E-state index is 12.1. The van der Waals surface area contributed by atoms with E-state index in [2.05, 4.69) is 52.6 Å². The quantitative estimate of drug-likeness (QED) is 0.396. The van der Waals surface area contributed by atoms with E-state index in [1.54, 1.807) is 18.2 Å². The van der Waals surface area contributed by atoms with Crippen molar-refractivity contribution in [3.63, 3.8) is 0 Å². The van der Waals surface area contributed by atoms with Crippen molar-refractivity contribution in [1.82, 2.24) is 15.6 Å². The monoisotopic (exact) mass is 468 g/mol. The lowest BCUT2D eigenvalue weighted by molar-refractivity contribution is 0.0950. The average molecular weight is 470 g/mol. The van der Waals surface area contributed by atoms with E-state index in [1.807, 2.05) is 12.1 Å². The van der Waals surface area contributed by atoms with Crippen molar-refractivity contribution in [3.8, 4) is 16.3 Å². The van der Waals surface area contributed by atoms with Gasteiger partial charge in [0.2, 0.25) is 0 Å². The molecule has 2 heterocycles. The molecule has 0 atom stereocenters. The normalized spacial score (nSPS) is 11.1. The van der Waals surface area contributed by atoms with E-state index >= 15 is 0 Å². The molecule has 0 unspecified atom stereocenters. The van der Waals surface area contributed by atoms with Gasteiger partial charge in [-0.3, -0.25) is 9.89 Å². The van der Waals surface area contributed by atoms with Crippen LogP contribution in [-0.4, -0.2) is 27.4 Å². The van der Waals surface area contributed by atoms with Crippen molar-refractivity contribution in [2.24, 2.45) is 5.10 Å². The number of carbonyl (C=O) groups is 1. The van der Waals surface area contributed by atoms with E-state index in [0.717, 1.165) is 18.8 Å². The van der Waals surface area contributed by atoms with Crippen LogP contribution in [0.1, 0.15) is 16.1 Å². The number of nitrogens with one attached hydrogen (secondary N) is 2. The van der Waals surface area contributed by atoms with Crippen LogP contribution in [-0.2, 0) is 0 Å². The van der Waals surface area contributed by atoms with Crippen LogP contribution in [0.15, 0.2) is 49.8 Å². The number of phenols is 1.